The Morgan fingerprint density at radius 1 is 1.28 bits per heavy atom. The summed E-state index contributed by atoms with van der Waals surface area (Å²) in [5.41, 5.74) is 4.50. The molecule has 2 heterocycles. The van der Waals surface area contributed by atoms with Crippen molar-refractivity contribution in [3.05, 3.63) is 46.0 Å². The standard InChI is InChI=1S/C17H25ClN6.HI/c1-5-19-17(20-9-8-14-6-7-16(18)21-10-14)22-11-15-12(2)23-24(4)13(15)3;/h6-7,10H,5,8-9,11H2,1-4H3,(H2,19,20,22);1H. The van der Waals surface area contributed by atoms with Crippen LogP contribution in [0.2, 0.25) is 5.15 Å². The maximum absolute atomic E-state index is 5.80. The number of hydrogen-bond acceptors (Lipinski definition) is 3. The molecule has 0 saturated carbocycles. The van der Waals surface area contributed by atoms with E-state index in [0.29, 0.717) is 11.7 Å². The Balaban J connectivity index is 0.00000312. The van der Waals surface area contributed by atoms with E-state index in [2.05, 4.69) is 39.6 Å². The molecule has 0 radical (unpaired) electrons. The number of hydrogen-bond donors (Lipinski definition) is 2. The van der Waals surface area contributed by atoms with E-state index < -0.39 is 0 Å². The normalized spacial score (nSPS) is 11.2. The number of aromatic nitrogens is 3. The van der Waals surface area contributed by atoms with Crippen molar-refractivity contribution < 1.29 is 0 Å². The third-order valence-electron chi connectivity index (χ3n) is 3.89. The zero-order valence-electron chi connectivity index (χ0n) is 15.1. The molecule has 0 aromatic carbocycles. The number of halogens is 2. The highest BCUT2D eigenvalue weighted by Gasteiger charge is 2.08. The van der Waals surface area contributed by atoms with Crippen LogP contribution in [0.3, 0.4) is 0 Å². The summed E-state index contributed by atoms with van der Waals surface area (Å²) >= 11 is 5.80. The fourth-order valence-corrected chi connectivity index (χ4v) is 2.54. The van der Waals surface area contributed by atoms with Gasteiger partial charge in [0.1, 0.15) is 5.15 Å². The topological polar surface area (TPSA) is 67.1 Å². The minimum absolute atomic E-state index is 0. The first-order chi connectivity index (χ1) is 11.5. The molecular formula is C17H26ClIN6. The largest absolute Gasteiger partial charge is 0.357 e. The van der Waals surface area contributed by atoms with Gasteiger partial charge in [-0.3, -0.25) is 4.68 Å². The minimum atomic E-state index is 0. The monoisotopic (exact) mass is 476 g/mol. The molecule has 2 aromatic heterocycles. The number of aliphatic imine (C=N–C) groups is 1. The Labute approximate surface area is 171 Å². The summed E-state index contributed by atoms with van der Waals surface area (Å²) in [6.45, 7) is 8.36. The Hall–Kier alpha value is -1.35. The van der Waals surface area contributed by atoms with E-state index in [1.54, 1.807) is 6.20 Å². The van der Waals surface area contributed by atoms with Crippen molar-refractivity contribution >= 4 is 41.5 Å². The van der Waals surface area contributed by atoms with Gasteiger partial charge in [-0.1, -0.05) is 17.7 Å². The summed E-state index contributed by atoms with van der Waals surface area (Å²) in [6.07, 6.45) is 2.66. The van der Waals surface area contributed by atoms with Gasteiger partial charge >= 0.3 is 0 Å². The van der Waals surface area contributed by atoms with Gasteiger partial charge in [0, 0.05) is 37.6 Å². The molecule has 138 valence electrons. The molecule has 6 nitrogen and oxygen atoms in total. The van der Waals surface area contributed by atoms with Crippen LogP contribution in [0.25, 0.3) is 0 Å². The van der Waals surface area contributed by atoms with Crippen molar-refractivity contribution in [3.8, 4) is 0 Å². The zero-order valence-corrected chi connectivity index (χ0v) is 18.2. The van der Waals surface area contributed by atoms with E-state index in [-0.39, 0.29) is 24.0 Å². The lowest BCUT2D eigenvalue weighted by Gasteiger charge is -2.11. The number of guanidine groups is 1. The first-order valence-corrected chi connectivity index (χ1v) is 8.50. The molecule has 0 atom stereocenters. The van der Waals surface area contributed by atoms with Crippen molar-refractivity contribution in [2.24, 2.45) is 12.0 Å². The predicted octanol–water partition coefficient (Wildman–Crippen LogP) is 3.00. The van der Waals surface area contributed by atoms with Crippen LogP contribution in [-0.2, 0) is 20.0 Å². The molecule has 0 amide bonds. The molecule has 2 aromatic rings. The maximum atomic E-state index is 5.80. The Bertz CT molecular complexity index is 696. The van der Waals surface area contributed by atoms with Crippen molar-refractivity contribution in [1.82, 2.24) is 25.4 Å². The zero-order chi connectivity index (χ0) is 17.5. The van der Waals surface area contributed by atoms with Crippen molar-refractivity contribution in [3.63, 3.8) is 0 Å². The Kier molecular flexibility index (Phi) is 9.20. The minimum Gasteiger partial charge on any atom is -0.357 e. The molecule has 0 aliphatic heterocycles. The third kappa shape index (κ3) is 6.47. The SMILES string of the molecule is CCNC(=NCc1c(C)nn(C)c1C)NCCc1ccc(Cl)nc1.I. The highest BCUT2D eigenvalue weighted by molar-refractivity contribution is 14.0. The van der Waals surface area contributed by atoms with E-state index in [9.17, 15) is 0 Å². The molecule has 2 rings (SSSR count). The smallest absolute Gasteiger partial charge is 0.191 e. The number of aryl methyl sites for hydroxylation is 2. The van der Waals surface area contributed by atoms with Crippen LogP contribution >= 0.6 is 35.6 Å². The quantitative estimate of drug-likeness (QED) is 0.291. The number of rotatable bonds is 6. The highest BCUT2D eigenvalue weighted by atomic mass is 127. The average Bonchev–Trinajstić information content (AvgIpc) is 2.80. The molecule has 0 aliphatic carbocycles. The molecular weight excluding hydrogens is 451 g/mol. The summed E-state index contributed by atoms with van der Waals surface area (Å²) in [4.78, 5) is 8.76. The van der Waals surface area contributed by atoms with Crippen LogP contribution in [0, 0.1) is 13.8 Å². The fourth-order valence-electron chi connectivity index (χ4n) is 2.43. The second-order valence-corrected chi connectivity index (χ2v) is 6.02. The van der Waals surface area contributed by atoms with Gasteiger partial charge < -0.3 is 10.6 Å². The first-order valence-electron chi connectivity index (χ1n) is 8.13. The van der Waals surface area contributed by atoms with Crippen LogP contribution in [0.1, 0.15) is 29.4 Å². The van der Waals surface area contributed by atoms with Gasteiger partial charge in [0.05, 0.1) is 12.2 Å². The van der Waals surface area contributed by atoms with E-state index in [4.69, 9.17) is 11.6 Å². The lowest BCUT2D eigenvalue weighted by atomic mass is 10.2. The Morgan fingerprint density at radius 2 is 2.04 bits per heavy atom. The summed E-state index contributed by atoms with van der Waals surface area (Å²) in [7, 11) is 1.96. The molecule has 0 unspecified atom stereocenters. The molecule has 2 N–H and O–H groups in total. The number of nitrogens with one attached hydrogen (secondary N) is 2. The van der Waals surface area contributed by atoms with E-state index in [1.807, 2.05) is 30.8 Å². The summed E-state index contributed by atoms with van der Waals surface area (Å²) < 4.78 is 1.90. The van der Waals surface area contributed by atoms with Crippen molar-refractivity contribution in [1.29, 1.82) is 0 Å². The van der Waals surface area contributed by atoms with Crippen LogP contribution in [0.5, 0.6) is 0 Å². The Morgan fingerprint density at radius 3 is 2.60 bits per heavy atom. The van der Waals surface area contributed by atoms with Crippen LogP contribution in [-0.4, -0.2) is 33.8 Å². The van der Waals surface area contributed by atoms with Crippen molar-refractivity contribution in [2.45, 2.75) is 33.7 Å². The average molecular weight is 477 g/mol. The molecule has 0 spiro atoms. The predicted molar refractivity (Wildman–Crippen MR) is 114 cm³/mol. The second kappa shape index (κ2) is 10.6. The molecule has 0 fully saturated rings. The molecule has 0 bridgehead atoms. The first kappa shape index (κ1) is 21.7. The van der Waals surface area contributed by atoms with Crippen LogP contribution in [0.4, 0.5) is 0 Å². The van der Waals surface area contributed by atoms with Gasteiger partial charge in [-0.25, -0.2) is 9.98 Å². The van der Waals surface area contributed by atoms with Crippen LogP contribution < -0.4 is 10.6 Å². The molecule has 0 aliphatic rings. The molecule has 25 heavy (non-hydrogen) atoms. The number of nitrogens with zero attached hydrogens (tertiary/aromatic N) is 4. The van der Waals surface area contributed by atoms with Gasteiger partial charge in [-0.05, 0) is 38.8 Å². The lowest BCUT2D eigenvalue weighted by molar-refractivity contribution is 0.730. The lowest BCUT2D eigenvalue weighted by Crippen LogP contribution is -2.38. The van der Waals surface area contributed by atoms with Gasteiger partial charge in [0.25, 0.3) is 0 Å². The molecule has 8 heteroatoms. The fraction of sp³-hybridized carbons (Fsp3) is 0.471. The second-order valence-electron chi connectivity index (χ2n) is 5.63. The van der Waals surface area contributed by atoms with E-state index in [0.717, 1.165) is 42.4 Å². The van der Waals surface area contributed by atoms with Crippen LogP contribution in [0.15, 0.2) is 23.3 Å². The third-order valence-corrected chi connectivity index (χ3v) is 4.12. The molecule has 0 saturated heterocycles. The number of pyridine rings is 1. The van der Waals surface area contributed by atoms with Gasteiger partial charge in [0.2, 0.25) is 0 Å². The van der Waals surface area contributed by atoms with Gasteiger partial charge in [-0.15, -0.1) is 24.0 Å². The van der Waals surface area contributed by atoms with Crippen molar-refractivity contribution in [2.75, 3.05) is 13.1 Å². The van der Waals surface area contributed by atoms with Gasteiger partial charge in [-0.2, -0.15) is 5.10 Å². The highest BCUT2D eigenvalue weighted by Crippen LogP contribution is 2.12. The summed E-state index contributed by atoms with van der Waals surface area (Å²) in [5, 5.41) is 11.6. The van der Waals surface area contributed by atoms with E-state index in [1.165, 1.54) is 5.56 Å². The van der Waals surface area contributed by atoms with Gasteiger partial charge in [0.15, 0.2) is 5.96 Å². The maximum Gasteiger partial charge on any atom is 0.191 e. The van der Waals surface area contributed by atoms with E-state index >= 15 is 0 Å². The summed E-state index contributed by atoms with van der Waals surface area (Å²) in [5.74, 6) is 0.807. The summed E-state index contributed by atoms with van der Waals surface area (Å²) in [6, 6.07) is 3.80.